The van der Waals surface area contributed by atoms with Gasteiger partial charge in [-0.15, -0.1) is 0 Å². The molecule has 2 nitrogen and oxygen atoms in total. The van der Waals surface area contributed by atoms with Crippen LogP contribution in [0.25, 0.3) is 0 Å². The fraction of sp³-hybridized carbons (Fsp3) is 0.200. The van der Waals surface area contributed by atoms with Crippen LogP contribution in [0, 0.1) is 0 Å². The first-order chi connectivity index (χ1) is 9.11. The van der Waals surface area contributed by atoms with Crippen molar-refractivity contribution in [2.45, 2.75) is 13.5 Å². The van der Waals surface area contributed by atoms with E-state index in [9.17, 15) is 0 Å². The third-order valence-electron chi connectivity index (χ3n) is 3.04. The van der Waals surface area contributed by atoms with Crippen molar-refractivity contribution in [2.75, 3.05) is 17.2 Å². The quantitative estimate of drug-likeness (QED) is 0.817. The first-order valence-corrected chi connectivity index (χ1v) is 7.32. The van der Waals surface area contributed by atoms with Gasteiger partial charge >= 0.3 is 0 Å². The Balaban J connectivity index is 2.27. The van der Waals surface area contributed by atoms with E-state index >= 15 is 0 Å². The molecular formula is C15H16BrClN2. The van der Waals surface area contributed by atoms with Crippen LogP contribution in [0.1, 0.15) is 12.5 Å². The number of anilines is 2. The molecule has 2 rings (SSSR count). The molecule has 0 saturated heterocycles. The number of nitrogens with two attached hydrogens (primary N) is 1. The van der Waals surface area contributed by atoms with Gasteiger partial charge in [-0.2, -0.15) is 0 Å². The Kier molecular flexibility index (Phi) is 4.72. The molecule has 0 atom stereocenters. The number of halogens is 2. The Hall–Kier alpha value is -1.19. The summed E-state index contributed by atoms with van der Waals surface area (Å²) in [5.74, 6) is 0. The van der Waals surface area contributed by atoms with Crippen LogP contribution in [0.5, 0.6) is 0 Å². The highest BCUT2D eigenvalue weighted by Crippen LogP contribution is 2.27. The zero-order valence-corrected chi connectivity index (χ0v) is 13.1. The van der Waals surface area contributed by atoms with Crippen LogP contribution >= 0.6 is 27.5 Å². The normalized spacial score (nSPS) is 10.5. The maximum atomic E-state index is 6.27. The summed E-state index contributed by atoms with van der Waals surface area (Å²) < 4.78 is 0.989. The van der Waals surface area contributed by atoms with Gasteiger partial charge in [0.05, 0.1) is 11.4 Å². The van der Waals surface area contributed by atoms with Crippen LogP contribution in [0.2, 0.25) is 5.02 Å². The van der Waals surface area contributed by atoms with Crippen molar-refractivity contribution in [1.29, 1.82) is 0 Å². The third-order valence-corrected chi connectivity index (χ3v) is 3.88. The third kappa shape index (κ3) is 3.43. The fourth-order valence-electron chi connectivity index (χ4n) is 2.00. The van der Waals surface area contributed by atoms with E-state index in [1.807, 2.05) is 42.5 Å². The predicted molar refractivity (Wildman–Crippen MR) is 86.7 cm³/mol. The lowest BCUT2D eigenvalue weighted by atomic mass is 10.2. The Bertz CT molecular complexity index is 572. The van der Waals surface area contributed by atoms with Crippen molar-refractivity contribution in [3.05, 3.63) is 57.5 Å². The number of nitrogens with zero attached hydrogens (tertiary/aromatic N) is 1. The molecule has 0 unspecified atom stereocenters. The lowest BCUT2D eigenvalue weighted by Gasteiger charge is -2.25. The summed E-state index contributed by atoms with van der Waals surface area (Å²) in [6.07, 6.45) is 0. The van der Waals surface area contributed by atoms with E-state index in [1.54, 1.807) is 0 Å². The summed E-state index contributed by atoms with van der Waals surface area (Å²) in [6, 6.07) is 13.8. The molecule has 0 saturated carbocycles. The zero-order chi connectivity index (χ0) is 13.8. The van der Waals surface area contributed by atoms with Crippen molar-refractivity contribution in [2.24, 2.45) is 0 Å². The van der Waals surface area contributed by atoms with Crippen LogP contribution in [0.4, 0.5) is 11.4 Å². The summed E-state index contributed by atoms with van der Waals surface area (Å²) in [5, 5.41) is 0.766. The Morgan fingerprint density at radius 3 is 2.58 bits per heavy atom. The van der Waals surface area contributed by atoms with E-state index in [0.29, 0.717) is 0 Å². The SMILES string of the molecule is CCN(Cc1ccc(Br)cc1Cl)c1ccccc1N. The molecule has 0 amide bonds. The van der Waals surface area contributed by atoms with Gasteiger partial charge in [-0.05, 0) is 36.8 Å². The number of rotatable bonds is 4. The van der Waals surface area contributed by atoms with Gasteiger partial charge in [-0.1, -0.05) is 45.7 Å². The first-order valence-electron chi connectivity index (χ1n) is 6.15. The molecule has 0 aliphatic carbocycles. The van der Waals surface area contributed by atoms with Gasteiger partial charge in [-0.3, -0.25) is 0 Å². The predicted octanol–water partition coefficient (Wildman–Crippen LogP) is 4.71. The maximum Gasteiger partial charge on any atom is 0.0602 e. The van der Waals surface area contributed by atoms with Gasteiger partial charge in [0.2, 0.25) is 0 Å². The largest absolute Gasteiger partial charge is 0.397 e. The van der Waals surface area contributed by atoms with E-state index < -0.39 is 0 Å². The summed E-state index contributed by atoms with van der Waals surface area (Å²) >= 11 is 9.69. The maximum absolute atomic E-state index is 6.27. The Morgan fingerprint density at radius 1 is 1.21 bits per heavy atom. The number of nitrogen functional groups attached to an aromatic ring is 1. The van der Waals surface area contributed by atoms with Gasteiger partial charge in [0, 0.05) is 22.6 Å². The number of hydrogen-bond donors (Lipinski definition) is 1. The standard InChI is InChI=1S/C15H16BrClN2/c1-2-19(15-6-4-3-5-14(15)18)10-11-7-8-12(16)9-13(11)17/h3-9H,2,10,18H2,1H3. The zero-order valence-electron chi connectivity index (χ0n) is 10.7. The van der Waals surface area contributed by atoms with Crippen molar-refractivity contribution in [3.8, 4) is 0 Å². The lowest BCUT2D eigenvalue weighted by Crippen LogP contribution is -2.23. The Morgan fingerprint density at radius 2 is 1.95 bits per heavy atom. The molecule has 0 aliphatic heterocycles. The molecule has 0 radical (unpaired) electrons. The van der Waals surface area contributed by atoms with Crippen LogP contribution in [-0.4, -0.2) is 6.54 Å². The van der Waals surface area contributed by atoms with E-state index in [1.165, 1.54) is 0 Å². The molecule has 4 heteroatoms. The van der Waals surface area contributed by atoms with Gasteiger partial charge < -0.3 is 10.6 Å². The summed E-state index contributed by atoms with van der Waals surface area (Å²) in [7, 11) is 0. The van der Waals surface area contributed by atoms with Gasteiger partial charge in [0.15, 0.2) is 0 Å². The highest BCUT2D eigenvalue weighted by atomic mass is 79.9. The monoisotopic (exact) mass is 338 g/mol. The molecular weight excluding hydrogens is 324 g/mol. The van der Waals surface area contributed by atoms with Crippen LogP contribution in [-0.2, 0) is 6.54 Å². The van der Waals surface area contributed by atoms with Crippen molar-refractivity contribution in [3.63, 3.8) is 0 Å². The number of benzene rings is 2. The number of hydrogen-bond acceptors (Lipinski definition) is 2. The molecule has 2 aromatic carbocycles. The Labute approximate surface area is 127 Å². The van der Waals surface area contributed by atoms with E-state index in [0.717, 1.165) is 39.5 Å². The van der Waals surface area contributed by atoms with E-state index in [2.05, 4.69) is 27.8 Å². The minimum absolute atomic E-state index is 0.747. The highest BCUT2D eigenvalue weighted by molar-refractivity contribution is 9.10. The van der Waals surface area contributed by atoms with Gasteiger partial charge in [-0.25, -0.2) is 0 Å². The van der Waals surface area contributed by atoms with E-state index in [4.69, 9.17) is 17.3 Å². The summed E-state index contributed by atoms with van der Waals surface area (Å²) in [6.45, 7) is 3.73. The second-order valence-corrected chi connectivity index (χ2v) is 5.63. The first kappa shape index (κ1) is 14.2. The average molecular weight is 340 g/mol. The second-order valence-electron chi connectivity index (χ2n) is 4.31. The molecule has 2 N–H and O–H groups in total. The van der Waals surface area contributed by atoms with Gasteiger partial charge in [0.1, 0.15) is 0 Å². The van der Waals surface area contributed by atoms with Crippen molar-refractivity contribution in [1.82, 2.24) is 0 Å². The highest BCUT2D eigenvalue weighted by Gasteiger charge is 2.10. The topological polar surface area (TPSA) is 29.3 Å². The molecule has 0 bridgehead atoms. The van der Waals surface area contributed by atoms with Gasteiger partial charge in [0.25, 0.3) is 0 Å². The molecule has 100 valence electrons. The molecule has 2 aromatic rings. The molecule has 19 heavy (non-hydrogen) atoms. The van der Waals surface area contributed by atoms with Crippen LogP contribution in [0.3, 0.4) is 0 Å². The second kappa shape index (κ2) is 6.31. The van der Waals surface area contributed by atoms with Crippen molar-refractivity contribution >= 4 is 38.9 Å². The smallest absolute Gasteiger partial charge is 0.0602 e. The molecule has 0 aromatic heterocycles. The summed E-state index contributed by atoms with van der Waals surface area (Å²) in [5.41, 5.74) is 8.96. The molecule has 0 heterocycles. The van der Waals surface area contributed by atoms with E-state index in [-0.39, 0.29) is 0 Å². The fourth-order valence-corrected chi connectivity index (χ4v) is 2.73. The summed E-state index contributed by atoms with van der Waals surface area (Å²) in [4.78, 5) is 2.21. The molecule has 0 spiro atoms. The molecule has 0 fully saturated rings. The average Bonchev–Trinajstić information content (AvgIpc) is 2.39. The lowest BCUT2D eigenvalue weighted by molar-refractivity contribution is 0.833. The minimum Gasteiger partial charge on any atom is -0.397 e. The number of para-hydroxylation sites is 2. The van der Waals surface area contributed by atoms with Crippen molar-refractivity contribution < 1.29 is 0 Å². The molecule has 0 aliphatic rings. The van der Waals surface area contributed by atoms with Crippen LogP contribution in [0.15, 0.2) is 46.9 Å². The van der Waals surface area contributed by atoms with Crippen LogP contribution < -0.4 is 10.6 Å². The minimum atomic E-state index is 0.747.